The molecule has 1 fully saturated rings. The Morgan fingerprint density at radius 1 is 1.09 bits per heavy atom. The number of nitrogens with one attached hydrogen (secondary N) is 1. The molecule has 7 heteroatoms. The number of carbonyl (C=O) groups excluding carboxylic acids is 1. The average Bonchev–Trinajstić information content (AvgIpc) is 2.82. The monoisotopic (exact) mass is 499 g/mol. The molecule has 1 saturated heterocycles. The highest BCUT2D eigenvalue weighted by Crippen LogP contribution is 2.39. The number of halogens is 2. The van der Waals surface area contributed by atoms with Crippen LogP contribution in [0.5, 0.6) is 5.75 Å². The molecule has 1 amide bonds. The molecule has 178 valence electrons. The molecule has 4 nitrogen and oxygen atoms in total. The largest absolute Gasteiger partial charge is 0.482 e. The molecule has 4 rings (SSSR count). The molecule has 3 aromatic rings. The minimum absolute atomic E-state index is 0.0892. The summed E-state index contributed by atoms with van der Waals surface area (Å²) in [4.78, 5) is 13.7. The van der Waals surface area contributed by atoms with Crippen LogP contribution in [0.25, 0.3) is 0 Å². The van der Waals surface area contributed by atoms with E-state index in [0.717, 1.165) is 11.3 Å². The van der Waals surface area contributed by atoms with Crippen LogP contribution in [0.3, 0.4) is 0 Å². The van der Waals surface area contributed by atoms with Gasteiger partial charge in [-0.1, -0.05) is 36.7 Å². The van der Waals surface area contributed by atoms with Gasteiger partial charge in [-0.15, -0.1) is 11.8 Å². The fourth-order valence-corrected chi connectivity index (χ4v) is 4.90. The number of thioether (sulfide) groups is 1. The van der Waals surface area contributed by atoms with Crippen LogP contribution >= 0.6 is 23.4 Å². The minimum Gasteiger partial charge on any atom is -0.482 e. The molecule has 0 bridgehead atoms. The maximum Gasteiger partial charge on any atom is 0.228 e. The number of anilines is 1. The van der Waals surface area contributed by atoms with E-state index in [0.29, 0.717) is 54.5 Å². The summed E-state index contributed by atoms with van der Waals surface area (Å²) in [5.74, 6) is 1.13. The number of carbonyl (C=O) groups is 1. The smallest absolute Gasteiger partial charge is 0.228 e. The van der Waals surface area contributed by atoms with Gasteiger partial charge in [0.2, 0.25) is 5.91 Å². The van der Waals surface area contributed by atoms with Crippen molar-refractivity contribution in [3.8, 4) is 5.75 Å². The molecule has 0 radical (unpaired) electrons. The van der Waals surface area contributed by atoms with Gasteiger partial charge in [-0.25, -0.2) is 4.39 Å². The Bertz CT molecular complexity index is 1120. The van der Waals surface area contributed by atoms with E-state index in [-0.39, 0.29) is 11.7 Å². The zero-order chi connectivity index (χ0) is 24.0. The Morgan fingerprint density at radius 2 is 1.79 bits per heavy atom. The molecule has 0 aromatic heterocycles. The van der Waals surface area contributed by atoms with Crippen LogP contribution in [-0.2, 0) is 21.6 Å². The van der Waals surface area contributed by atoms with Crippen LogP contribution in [0.1, 0.15) is 30.9 Å². The zero-order valence-corrected chi connectivity index (χ0v) is 20.6. The predicted octanol–water partition coefficient (Wildman–Crippen LogP) is 6.86. The first kappa shape index (κ1) is 24.6. The van der Waals surface area contributed by atoms with Gasteiger partial charge in [0, 0.05) is 34.0 Å². The highest BCUT2D eigenvalue weighted by molar-refractivity contribution is 7.99. The van der Waals surface area contributed by atoms with Crippen molar-refractivity contribution in [1.29, 1.82) is 0 Å². The van der Waals surface area contributed by atoms with Crippen molar-refractivity contribution < 1.29 is 18.7 Å². The Morgan fingerprint density at radius 3 is 2.44 bits per heavy atom. The van der Waals surface area contributed by atoms with Gasteiger partial charge >= 0.3 is 0 Å². The second-order valence-corrected chi connectivity index (χ2v) is 9.93. The SMILES string of the molecule is CCSc1ccc(CC(=O)Nc2ccc(OC3(c4ccc(Cl)cc4F)CCOCC3)cc2)cc1. The van der Waals surface area contributed by atoms with Crippen LogP contribution in [0, 0.1) is 5.82 Å². The molecule has 0 aliphatic carbocycles. The molecule has 1 N–H and O–H groups in total. The van der Waals surface area contributed by atoms with E-state index in [2.05, 4.69) is 12.2 Å². The first-order valence-electron chi connectivity index (χ1n) is 11.3. The zero-order valence-electron chi connectivity index (χ0n) is 19.0. The third kappa shape index (κ3) is 6.12. The second-order valence-electron chi connectivity index (χ2n) is 8.16. The maximum absolute atomic E-state index is 14.8. The number of rotatable bonds is 8. The van der Waals surface area contributed by atoms with Crippen LogP contribution in [-0.4, -0.2) is 24.9 Å². The van der Waals surface area contributed by atoms with E-state index in [1.54, 1.807) is 48.2 Å². The summed E-state index contributed by atoms with van der Waals surface area (Å²) >= 11 is 7.72. The van der Waals surface area contributed by atoms with E-state index in [4.69, 9.17) is 21.1 Å². The molecule has 0 unspecified atom stereocenters. The molecule has 0 saturated carbocycles. The van der Waals surface area contributed by atoms with Crippen LogP contribution in [0.4, 0.5) is 10.1 Å². The lowest BCUT2D eigenvalue weighted by Gasteiger charge is -2.38. The first-order chi connectivity index (χ1) is 16.5. The molecule has 3 aromatic carbocycles. The van der Waals surface area contributed by atoms with Gasteiger partial charge in [-0.05, 0) is 59.8 Å². The van der Waals surface area contributed by atoms with Crippen LogP contribution in [0.15, 0.2) is 71.6 Å². The Balaban J connectivity index is 1.42. The van der Waals surface area contributed by atoms with Crippen molar-refractivity contribution in [2.75, 3.05) is 24.3 Å². The molecule has 0 atom stereocenters. The van der Waals surface area contributed by atoms with E-state index >= 15 is 0 Å². The number of hydrogen-bond donors (Lipinski definition) is 1. The van der Waals surface area contributed by atoms with Gasteiger partial charge in [-0.2, -0.15) is 0 Å². The minimum atomic E-state index is -0.833. The van der Waals surface area contributed by atoms with Crippen LogP contribution in [0.2, 0.25) is 5.02 Å². The van der Waals surface area contributed by atoms with Crippen molar-refractivity contribution in [3.63, 3.8) is 0 Å². The quantitative estimate of drug-likeness (QED) is 0.344. The number of benzene rings is 3. The molecule has 1 aliphatic heterocycles. The Labute approximate surface area is 208 Å². The number of ether oxygens (including phenoxy) is 2. The van der Waals surface area contributed by atoms with E-state index in [9.17, 15) is 9.18 Å². The topological polar surface area (TPSA) is 47.6 Å². The van der Waals surface area contributed by atoms with Crippen molar-refractivity contribution in [1.82, 2.24) is 0 Å². The van der Waals surface area contributed by atoms with Crippen LogP contribution < -0.4 is 10.1 Å². The third-order valence-corrected chi connectivity index (χ3v) is 6.90. The average molecular weight is 500 g/mol. The van der Waals surface area contributed by atoms with Gasteiger partial charge in [0.15, 0.2) is 0 Å². The summed E-state index contributed by atoms with van der Waals surface area (Å²) in [5, 5.41) is 3.27. The summed E-state index contributed by atoms with van der Waals surface area (Å²) < 4.78 is 26.6. The number of amides is 1. The van der Waals surface area contributed by atoms with Crippen molar-refractivity contribution in [2.24, 2.45) is 0 Å². The van der Waals surface area contributed by atoms with E-state index < -0.39 is 5.60 Å². The summed E-state index contributed by atoms with van der Waals surface area (Å²) in [5.41, 5.74) is 1.28. The van der Waals surface area contributed by atoms with E-state index in [1.165, 1.54) is 11.0 Å². The molecule has 1 heterocycles. The normalized spacial score (nSPS) is 15.0. The fourth-order valence-electron chi connectivity index (χ4n) is 4.08. The van der Waals surface area contributed by atoms with Gasteiger partial charge in [0.1, 0.15) is 17.2 Å². The molecule has 0 spiro atoms. The predicted molar refractivity (Wildman–Crippen MR) is 135 cm³/mol. The molecule has 34 heavy (non-hydrogen) atoms. The van der Waals surface area contributed by atoms with Gasteiger partial charge in [0.25, 0.3) is 0 Å². The summed E-state index contributed by atoms with van der Waals surface area (Å²) in [6.07, 6.45) is 1.35. The van der Waals surface area contributed by atoms with Crippen molar-refractivity contribution >= 4 is 35.0 Å². The van der Waals surface area contributed by atoms with Gasteiger partial charge < -0.3 is 14.8 Å². The van der Waals surface area contributed by atoms with E-state index in [1.807, 2.05) is 24.3 Å². The number of hydrogen-bond acceptors (Lipinski definition) is 4. The highest BCUT2D eigenvalue weighted by atomic mass is 35.5. The summed E-state index contributed by atoms with van der Waals surface area (Å²) in [6.45, 7) is 3.07. The molecular weight excluding hydrogens is 473 g/mol. The summed E-state index contributed by atoms with van der Waals surface area (Å²) in [7, 11) is 0. The van der Waals surface area contributed by atoms with Gasteiger partial charge in [-0.3, -0.25) is 4.79 Å². The first-order valence-corrected chi connectivity index (χ1v) is 12.7. The van der Waals surface area contributed by atoms with Crippen molar-refractivity contribution in [3.05, 3.63) is 88.7 Å². The maximum atomic E-state index is 14.8. The lowest BCUT2D eigenvalue weighted by molar-refractivity contribution is -0.115. The second kappa shape index (κ2) is 11.3. The standard InChI is InChI=1S/C27H27ClFNO3S/c1-2-34-23-10-3-19(4-11-23)17-26(31)30-21-6-8-22(9-7-21)33-27(13-15-32-16-14-27)24-12-5-20(28)18-25(24)29/h3-12,18H,2,13-17H2,1H3,(H,30,31). The van der Waals surface area contributed by atoms with Gasteiger partial charge in [0.05, 0.1) is 19.6 Å². The summed E-state index contributed by atoms with van der Waals surface area (Å²) in [6, 6.07) is 19.9. The Hall–Kier alpha value is -2.54. The molecule has 1 aliphatic rings. The lowest BCUT2D eigenvalue weighted by Crippen LogP contribution is -2.40. The Kier molecular flexibility index (Phi) is 8.14. The third-order valence-electron chi connectivity index (χ3n) is 5.77. The highest BCUT2D eigenvalue weighted by Gasteiger charge is 2.39. The fraction of sp³-hybridized carbons (Fsp3) is 0.296. The molecular formula is C27H27ClFNO3S. The van der Waals surface area contributed by atoms with Crippen molar-refractivity contribution in [2.45, 2.75) is 36.7 Å². The lowest BCUT2D eigenvalue weighted by atomic mass is 9.85.